The van der Waals surface area contributed by atoms with E-state index in [1.165, 1.54) is 12.8 Å². The summed E-state index contributed by atoms with van der Waals surface area (Å²) in [4.78, 5) is 3.23. The second-order valence-electron chi connectivity index (χ2n) is 4.91. The lowest BCUT2D eigenvalue weighted by Crippen LogP contribution is -2.24. The number of nitrogens with zero attached hydrogens (tertiary/aromatic N) is 1. The van der Waals surface area contributed by atoms with E-state index in [1.807, 2.05) is 18.2 Å². The molecule has 1 aliphatic heterocycles. The van der Waals surface area contributed by atoms with Gasteiger partial charge in [0, 0.05) is 12.7 Å². The molecule has 0 saturated carbocycles. The summed E-state index contributed by atoms with van der Waals surface area (Å²) in [5.74, 6) is 0.847. The van der Waals surface area contributed by atoms with Gasteiger partial charge in [-0.15, -0.1) is 0 Å². The fraction of sp³-hybridized carbons (Fsp3) is 0.500. The van der Waals surface area contributed by atoms with Gasteiger partial charge in [-0.1, -0.05) is 0 Å². The Morgan fingerprint density at radius 1 is 1.47 bits per heavy atom. The third kappa shape index (κ3) is 2.53. The maximum absolute atomic E-state index is 5.80. The predicted molar refractivity (Wildman–Crippen MR) is 77.3 cm³/mol. The molecule has 0 amide bonds. The fourth-order valence-electron chi connectivity index (χ4n) is 2.60. The number of benzene rings is 1. The lowest BCUT2D eigenvalue weighted by molar-refractivity contribution is 0.00640. The quantitative estimate of drug-likeness (QED) is 0.876. The zero-order chi connectivity index (χ0) is 13.2. The van der Waals surface area contributed by atoms with Gasteiger partial charge in [0.1, 0.15) is 5.75 Å². The van der Waals surface area contributed by atoms with E-state index in [9.17, 15) is 0 Å². The molecule has 3 rings (SSSR count). The van der Waals surface area contributed by atoms with E-state index >= 15 is 0 Å². The number of ether oxygens (including phenoxy) is 2. The van der Waals surface area contributed by atoms with Crippen LogP contribution >= 0.6 is 12.2 Å². The second-order valence-corrected chi connectivity index (χ2v) is 5.30. The van der Waals surface area contributed by atoms with E-state index in [0.717, 1.165) is 41.1 Å². The van der Waals surface area contributed by atoms with Crippen LogP contribution in [-0.4, -0.2) is 29.4 Å². The molecule has 1 aromatic carbocycles. The zero-order valence-electron chi connectivity index (χ0n) is 11.0. The normalized spacial score (nSPS) is 19.7. The van der Waals surface area contributed by atoms with Crippen molar-refractivity contribution in [1.82, 2.24) is 9.55 Å². The van der Waals surface area contributed by atoms with E-state index in [0.29, 0.717) is 0 Å². The molecule has 1 fully saturated rings. The van der Waals surface area contributed by atoms with Crippen molar-refractivity contribution in [3.63, 3.8) is 0 Å². The first kappa shape index (κ1) is 12.7. The number of nitrogens with one attached hydrogen (secondary N) is 1. The first-order valence-electron chi connectivity index (χ1n) is 6.66. The van der Waals surface area contributed by atoms with Gasteiger partial charge in [0.15, 0.2) is 4.77 Å². The van der Waals surface area contributed by atoms with Crippen LogP contribution in [-0.2, 0) is 11.3 Å². The predicted octanol–water partition coefficient (Wildman–Crippen LogP) is 3.28. The highest BCUT2D eigenvalue weighted by molar-refractivity contribution is 7.71. The minimum absolute atomic E-state index is 0.269. The van der Waals surface area contributed by atoms with Crippen LogP contribution in [0.25, 0.3) is 11.0 Å². The maximum Gasteiger partial charge on any atom is 0.178 e. The van der Waals surface area contributed by atoms with E-state index in [2.05, 4.69) is 9.55 Å². The number of H-pyrrole nitrogens is 1. The molecule has 2 aromatic rings. The van der Waals surface area contributed by atoms with Crippen molar-refractivity contribution < 1.29 is 9.47 Å². The Kier molecular flexibility index (Phi) is 3.57. The van der Waals surface area contributed by atoms with Gasteiger partial charge in [0.2, 0.25) is 0 Å². The summed E-state index contributed by atoms with van der Waals surface area (Å²) in [5.41, 5.74) is 2.13. The van der Waals surface area contributed by atoms with Crippen LogP contribution in [0.5, 0.6) is 5.75 Å². The van der Waals surface area contributed by atoms with Crippen LogP contribution in [0.1, 0.15) is 19.3 Å². The molecule has 0 spiro atoms. The molecule has 1 aromatic heterocycles. The van der Waals surface area contributed by atoms with Gasteiger partial charge in [-0.05, 0) is 43.6 Å². The lowest BCUT2D eigenvalue weighted by atomic mass is 10.1. The number of imidazole rings is 1. The van der Waals surface area contributed by atoms with Crippen molar-refractivity contribution in [2.24, 2.45) is 0 Å². The molecule has 4 nitrogen and oxygen atoms in total. The van der Waals surface area contributed by atoms with Crippen LogP contribution in [0.3, 0.4) is 0 Å². The summed E-state index contributed by atoms with van der Waals surface area (Å²) >= 11 is 5.41. The van der Waals surface area contributed by atoms with Crippen molar-refractivity contribution in [2.75, 3.05) is 13.7 Å². The average molecular weight is 278 g/mol. The lowest BCUT2D eigenvalue weighted by Gasteiger charge is -2.23. The minimum Gasteiger partial charge on any atom is -0.497 e. The molecule has 5 heteroatoms. The van der Waals surface area contributed by atoms with Gasteiger partial charge >= 0.3 is 0 Å². The summed E-state index contributed by atoms with van der Waals surface area (Å²) in [6.45, 7) is 1.68. The largest absolute Gasteiger partial charge is 0.497 e. The Morgan fingerprint density at radius 3 is 3.11 bits per heavy atom. The van der Waals surface area contributed by atoms with Gasteiger partial charge in [0.05, 0.1) is 30.8 Å². The number of hydrogen-bond acceptors (Lipinski definition) is 3. The molecule has 0 aliphatic carbocycles. The Morgan fingerprint density at radius 2 is 2.37 bits per heavy atom. The van der Waals surface area contributed by atoms with Gasteiger partial charge in [0.25, 0.3) is 0 Å². The van der Waals surface area contributed by atoms with Gasteiger partial charge in [-0.2, -0.15) is 0 Å². The summed E-state index contributed by atoms with van der Waals surface area (Å²) in [7, 11) is 1.68. The van der Waals surface area contributed by atoms with Gasteiger partial charge in [-0.3, -0.25) is 0 Å². The van der Waals surface area contributed by atoms with Crippen molar-refractivity contribution >= 4 is 23.3 Å². The molecular formula is C14H18N2O2S. The third-order valence-electron chi connectivity index (χ3n) is 3.64. The van der Waals surface area contributed by atoms with E-state index < -0.39 is 0 Å². The number of hydrogen-bond donors (Lipinski definition) is 1. The number of rotatable bonds is 3. The van der Waals surface area contributed by atoms with Crippen molar-refractivity contribution in [3.05, 3.63) is 23.0 Å². The van der Waals surface area contributed by atoms with Crippen LogP contribution < -0.4 is 4.74 Å². The standard InChI is InChI=1S/C14H18N2O2S/c1-17-10-5-6-12-13(8-10)16(14(19)15-12)9-11-4-2-3-7-18-11/h5-6,8,11H,2-4,7,9H2,1H3,(H,15,19). The highest BCUT2D eigenvalue weighted by atomic mass is 32.1. The summed E-state index contributed by atoms with van der Waals surface area (Å²) in [5, 5.41) is 0. The number of aromatic nitrogens is 2. The van der Waals surface area contributed by atoms with Crippen LogP contribution in [0.2, 0.25) is 0 Å². The fourth-order valence-corrected chi connectivity index (χ4v) is 2.88. The number of fused-ring (bicyclic) bond motifs is 1. The van der Waals surface area contributed by atoms with Gasteiger partial charge in [-0.25, -0.2) is 0 Å². The molecule has 1 saturated heterocycles. The van der Waals surface area contributed by atoms with Crippen molar-refractivity contribution in [2.45, 2.75) is 31.9 Å². The molecule has 0 radical (unpaired) electrons. The Labute approximate surface area is 117 Å². The molecule has 0 bridgehead atoms. The first-order chi connectivity index (χ1) is 9.28. The highest BCUT2D eigenvalue weighted by Crippen LogP contribution is 2.23. The van der Waals surface area contributed by atoms with Gasteiger partial charge < -0.3 is 19.0 Å². The van der Waals surface area contributed by atoms with E-state index in [4.69, 9.17) is 21.7 Å². The molecule has 19 heavy (non-hydrogen) atoms. The Balaban J connectivity index is 1.96. The molecule has 1 N–H and O–H groups in total. The smallest absolute Gasteiger partial charge is 0.178 e. The SMILES string of the molecule is COc1ccc2[nH]c(=S)n(CC3CCCCO3)c2c1. The van der Waals surface area contributed by atoms with Crippen LogP contribution in [0, 0.1) is 4.77 Å². The van der Waals surface area contributed by atoms with Crippen molar-refractivity contribution in [1.29, 1.82) is 0 Å². The minimum atomic E-state index is 0.269. The average Bonchev–Trinajstić information content (AvgIpc) is 2.76. The number of methoxy groups -OCH3 is 1. The molecule has 2 heterocycles. The third-order valence-corrected chi connectivity index (χ3v) is 3.97. The topological polar surface area (TPSA) is 39.2 Å². The molecule has 1 aliphatic rings. The van der Waals surface area contributed by atoms with E-state index in [-0.39, 0.29) is 6.10 Å². The summed E-state index contributed by atoms with van der Waals surface area (Å²) in [6.07, 6.45) is 3.79. The Hall–Kier alpha value is -1.33. The molecule has 1 atom stereocenters. The van der Waals surface area contributed by atoms with Crippen molar-refractivity contribution in [3.8, 4) is 5.75 Å². The summed E-state index contributed by atoms with van der Waals surface area (Å²) in [6, 6.07) is 5.96. The zero-order valence-corrected chi connectivity index (χ0v) is 11.8. The molecule has 1 unspecified atom stereocenters. The molecule has 102 valence electrons. The van der Waals surface area contributed by atoms with E-state index in [1.54, 1.807) is 7.11 Å². The van der Waals surface area contributed by atoms with Crippen LogP contribution in [0.15, 0.2) is 18.2 Å². The first-order valence-corrected chi connectivity index (χ1v) is 7.07. The second kappa shape index (κ2) is 5.35. The maximum atomic E-state index is 5.80. The summed E-state index contributed by atoms with van der Waals surface area (Å²) < 4.78 is 13.9. The number of aromatic amines is 1. The molecular weight excluding hydrogens is 260 g/mol. The monoisotopic (exact) mass is 278 g/mol. The highest BCUT2D eigenvalue weighted by Gasteiger charge is 2.16. The Bertz CT molecular complexity index is 626. The van der Waals surface area contributed by atoms with Crippen LogP contribution in [0.4, 0.5) is 0 Å².